The number of halogens is 1. The van der Waals surface area contributed by atoms with Gasteiger partial charge in [0, 0.05) is 0 Å². The molecule has 0 nitrogen and oxygen atoms in total. The van der Waals surface area contributed by atoms with E-state index in [2.05, 4.69) is 0 Å². The first-order valence-electron chi connectivity index (χ1n) is 2.22. The molecule has 1 rings (SSSR count). The van der Waals surface area contributed by atoms with E-state index in [9.17, 15) is 0 Å². The molecule has 0 spiro atoms. The molecular weight excluding hydrogens is 240 g/mol. The maximum absolute atomic E-state index is 1.54. The molecule has 6 heavy (non-hydrogen) atoms. The van der Waals surface area contributed by atoms with Gasteiger partial charge in [0.2, 0.25) is 0 Å². The van der Waals surface area contributed by atoms with Gasteiger partial charge in [-0.05, 0) is 0 Å². The van der Waals surface area contributed by atoms with Gasteiger partial charge in [0.15, 0.2) is 0 Å². The number of hydrogen-bond donors (Lipinski definition) is 0. The van der Waals surface area contributed by atoms with Crippen molar-refractivity contribution in [3.8, 4) is 0 Å². The predicted octanol–water partition coefficient (Wildman–Crippen LogP) is -1.63. The monoisotopic (exact) mass is 246 g/mol. The molecule has 0 bridgehead atoms. The Balaban J connectivity index is 0.000000250. The summed E-state index contributed by atoms with van der Waals surface area (Å²) in [5.41, 5.74) is 0. The molecule has 0 radical (unpaired) electrons. The Labute approximate surface area is 65.8 Å². The molecule has 0 aromatic rings. The zero-order valence-corrected chi connectivity index (χ0v) is 8.91. The van der Waals surface area contributed by atoms with Crippen LogP contribution in [0.2, 0.25) is 5.02 Å². The van der Waals surface area contributed by atoms with Crippen LogP contribution in [0, 0.1) is 5.92 Å². The summed E-state index contributed by atoms with van der Waals surface area (Å²) in [5.74, 6) is 1.19. The van der Waals surface area contributed by atoms with Gasteiger partial charge in [-0.2, -0.15) is 0 Å². The third-order valence-corrected chi connectivity index (χ3v) is 2.82. The summed E-state index contributed by atoms with van der Waals surface area (Å²) in [5, 5.41) is 1.54. The van der Waals surface area contributed by atoms with E-state index < -0.39 is 0 Å². The molecular formula is C4H7IZn. The van der Waals surface area contributed by atoms with E-state index in [-0.39, 0.29) is 24.0 Å². The van der Waals surface area contributed by atoms with Crippen LogP contribution in [0.4, 0.5) is 0 Å². The molecule has 1 aliphatic rings. The Morgan fingerprint density at radius 3 is 2.00 bits per heavy atom. The zero-order valence-electron chi connectivity index (χ0n) is 3.78. The number of hydrogen-bond acceptors (Lipinski definition) is 0. The normalized spacial score (nSPS) is 19.7. The van der Waals surface area contributed by atoms with E-state index in [0.717, 1.165) is 0 Å². The van der Waals surface area contributed by atoms with Crippen LogP contribution in [0.1, 0.15) is 12.8 Å². The van der Waals surface area contributed by atoms with Gasteiger partial charge in [0.05, 0.1) is 0 Å². The van der Waals surface area contributed by atoms with Crippen molar-refractivity contribution >= 4 is 0 Å². The Kier molecular flexibility index (Phi) is 4.13. The molecule has 1 fully saturated rings. The van der Waals surface area contributed by atoms with Crippen molar-refractivity contribution in [3.63, 3.8) is 0 Å². The molecule has 0 N–H and O–H groups in total. The van der Waals surface area contributed by atoms with E-state index >= 15 is 0 Å². The van der Waals surface area contributed by atoms with E-state index in [1.807, 2.05) is 0 Å². The van der Waals surface area contributed by atoms with Crippen LogP contribution in [0.15, 0.2) is 0 Å². The summed E-state index contributed by atoms with van der Waals surface area (Å²) in [7, 11) is 0. The molecule has 32 valence electrons. The van der Waals surface area contributed by atoms with E-state index in [0.29, 0.717) is 0 Å². The SMILES string of the molecule is [I-].[Zn+][CH2]C1CC1. The van der Waals surface area contributed by atoms with Crippen molar-refractivity contribution in [1.82, 2.24) is 0 Å². The van der Waals surface area contributed by atoms with Gasteiger partial charge in [-0.25, -0.2) is 0 Å². The molecule has 2 heteroatoms. The van der Waals surface area contributed by atoms with Crippen LogP contribution < -0.4 is 24.0 Å². The molecule has 0 amide bonds. The van der Waals surface area contributed by atoms with Crippen molar-refractivity contribution in [2.24, 2.45) is 5.92 Å². The average Bonchev–Trinajstić information content (AvgIpc) is 2.12. The first-order chi connectivity index (χ1) is 2.43. The fraction of sp³-hybridized carbons (Fsp3) is 1.00. The molecule has 1 saturated carbocycles. The van der Waals surface area contributed by atoms with Gasteiger partial charge in [0.25, 0.3) is 0 Å². The predicted molar refractivity (Wildman–Crippen MR) is 17.5 cm³/mol. The fourth-order valence-electron chi connectivity index (χ4n) is 0.407. The molecule has 0 unspecified atom stereocenters. The standard InChI is InChI=1S/C4H7.HI.Zn/c1-4-2-3-4;;/h4H,1-3H2;1H;/q;;+1/p-1. The molecule has 0 atom stereocenters. The summed E-state index contributed by atoms with van der Waals surface area (Å²) in [4.78, 5) is 0. The number of rotatable bonds is 1. The molecule has 0 aromatic heterocycles. The average molecular weight is 247 g/mol. The first-order valence-corrected chi connectivity index (χ1v) is 4.32. The second-order valence-electron chi connectivity index (χ2n) is 1.73. The van der Waals surface area contributed by atoms with E-state index in [1.54, 1.807) is 17.9 Å². The van der Waals surface area contributed by atoms with Crippen LogP contribution >= 0.6 is 0 Å². The maximum atomic E-state index is 1.54. The molecule has 0 aromatic carbocycles. The van der Waals surface area contributed by atoms with Crippen LogP contribution in [0.5, 0.6) is 0 Å². The minimum atomic E-state index is 0. The van der Waals surface area contributed by atoms with Gasteiger partial charge in [-0.1, -0.05) is 0 Å². The van der Waals surface area contributed by atoms with Crippen molar-refractivity contribution in [2.75, 3.05) is 0 Å². The van der Waals surface area contributed by atoms with Crippen molar-refractivity contribution in [3.05, 3.63) is 0 Å². The van der Waals surface area contributed by atoms with E-state index in [1.165, 1.54) is 24.2 Å². The van der Waals surface area contributed by atoms with Crippen LogP contribution in [-0.4, -0.2) is 0 Å². The second kappa shape index (κ2) is 3.37. The fourth-order valence-corrected chi connectivity index (χ4v) is 1.62. The summed E-state index contributed by atoms with van der Waals surface area (Å²) >= 11 is 1.52. The first kappa shape index (κ1) is 7.35. The third-order valence-electron chi connectivity index (χ3n) is 1.11. The minimum absolute atomic E-state index is 0. The topological polar surface area (TPSA) is 0 Å². The Morgan fingerprint density at radius 2 is 2.00 bits per heavy atom. The van der Waals surface area contributed by atoms with Gasteiger partial charge in [0.1, 0.15) is 0 Å². The summed E-state index contributed by atoms with van der Waals surface area (Å²) in [6.07, 6.45) is 3.08. The van der Waals surface area contributed by atoms with E-state index in [4.69, 9.17) is 0 Å². The van der Waals surface area contributed by atoms with Gasteiger partial charge in [-0.3, -0.25) is 0 Å². The second-order valence-corrected chi connectivity index (χ2v) is 2.94. The Morgan fingerprint density at radius 1 is 1.50 bits per heavy atom. The van der Waals surface area contributed by atoms with Crippen molar-refractivity contribution in [2.45, 2.75) is 17.9 Å². The Bertz CT molecular complexity index is 34.5. The summed E-state index contributed by atoms with van der Waals surface area (Å²) < 4.78 is 0. The molecule has 0 heterocycles. The quantitative estimate of drug-likeness (QED) is 0.385. The summed E-state index contributed by atoms with van der Waals surface area (Å²) in [6.45, 7) is 0. The molecule has 0 saturated heterocycles. The van der Waals surface area contributed by atoms with Gasteiger partial charge >= 0.3 is 42.1 Å². The van der Waals surface area contributed by atoms with Gasteiger partial charge in [-0.15, -0.1) is 0 Å². The Hall–Kier alpha value is 1.35. The van der Waals surface area contributed by atoms with Gasteiger partial charge < -0.3 is 24.0 Å². The van der Waals surface area contributed by atoms with Crippen LogP contribution in [0.25, 0.3) is 0 Å². The van der Waals surface area contributed by atoms with Crippen molar-refractivity contribution in [1.29, 1.82) is 0 Å². The van der Waals surface area contributed by atoms with Crippen LogP contribution in [-0.2, 0) is 18.3 Å². The van der Waals surface area contributed by atoms with Crippen LogP contribution in [0.3, 0.4) is 0 Å². The molecule has 0 aliphatic heterocycles. The third kappa shape index (κ3) is 2.51. The zero-order chi connectivity index (χ0) is 3.70. The molecule has 1 aliphatic carbocycles. The summed E-state index contributed by atoms with van der Waals surface area (Å²) in [6, 6.07) is 0. The van der Waals surface area contributed by atoms with Crippen molar-refractivity contribution < 1.29 is 42.3 Å².